The van der Waals surface area contributed by atoms with Crippen molar-refractivity contribution in [3.8, 4) is 0 Å². The van der Waals surface area contributed by atoms with Gasteiger partial charge in [-0.25, -0.2) is 12.8 Å². The Morgan fingerprint density at radius 1 is 1.25 bits per heavy atom. The minimum Gasteiger partial charge on any atom is -0.399 e. The number of halogens is 1. The highest BCUT2D eigenvalue weighted by Gasteiger charge is 2.26. The van der Waals surface area contributed by atoms with Crippen LogP contribution < -0.4 is 10.0 Å². The standard InChI is InChI=1S/C13H14FN3O2S/c1-2-17(11-5-7-16-8-6-11)20(18,19)13-4-3-10(15)9-12(13)14/h3-9H,2,15H2,1H3. The van der Waals surface area contributed by atoms with Crippen LogP contribution in [0.5, 0.6) is 0 Å². The molecule has 0 aliphatic heterocycles. The van der Waals surface area contributed by atoms with Crippen LogP contribution >= 0.6 is 0 Å². The molecule has 2 rings (SSSR count). The topological polar surface area (TPSA) is 76.3 Å². The summed E-state index contributed by atoms with van der Waals surface area (Å²) in [6, 6.07) is 6.62. The van der Waals surface area contributed by atoms with Crippen molar-refractivity contribution in [1.29, 1.82) is 0 Å². The first kappa shape index (κ1) is 14.3. The summed E-state index contributed by atoms with van der Waals surface area (Å²) in [5.74, 6) is -0.863. The van der Waals surface area contributed by atoms with Gasteiger partial charge < -0.3 is 5.73 Å². The quantitative estimate of drug-likeness (QED) is 0.875. The highest BCUT2D eigenvalue weighted by molar-refractivity contribution is 7.92. The molecule has 0 fully saturated rings. The molecule has 0 aliphatic carbocycles. The van der Waals surface area contributed by atoms with E-state index in [2.05, 4.69) is 4.98 Å². The third-order valence-electron chi connectivity index (χ3n) is 2.76. The van der Waals surface area contributed by atoms with Gasteiger partial charge in [0.05, 0.1) is 5.69 Å². The molecular formula is C13H14FN3O2S. The number of benzene rings is 1. The normalized spacial score (nSPS) is 11.3. The van der Waals surface area contributed by atoms with Gasteiger partial charge in [0.25, 0.3) is 10.0 Å². The Bertz CT molecular complexity index is 705. The van der Waals surface area contributed by atoms with E-state index < -0.39 is 20.7 Å². The van der Waals surface area contributed by atoms with Crippen molar-refractivity contribution >= 4 is 21.4 Å². The smallest absolute Gasteiger partial charge is 0.267 e. The first-order valence-corrected chi connectivity index (χ1v) is 7.38. The summed E-state index contributed by atoms with van der Waals surface area (Å²) >= 11 is 0. The number of hydrogen-bond acceptors (Lipinski definition) is 4. The molecule has 0 aliphatic rings. The Labute approximate surface area is 116 Å². The van der Waals surface area contributed by atoms with Crippen LogP contribution in [0.15, 0.2) is 47.6 Å². The fourth-order valence-electron chi connectivity index (χ4n) is 1.85. The van der Waals surface area contributed by atoms with Crippen LogP contribution in [0.4, 0.5) is 15.8 Å². The number of aromatic nitrogens is 1. The fraction of sp³-hybridized carbons (Fsp3) is 0.154. The molecule has 0 saturated heterocycles. The molecule has 7 heteroatoms. The second-order valence-electron chi connectivity index (χ2n) is 4.07. The summed E-state index contributed by atoms with van der Waals surface area (Å²) in [6.07, 6.45) is 2.96. The zero-order valence-electron chi connectivity index (χ0n) is 10.8. The molecule has 0 spiro atoms. The lowest BCUT2D eigenvalue weighted by atomic mass is 10.3. The van der Waals surface area contributed by atoms with Crippen molar-refractivity contribution in [2.75, 3.05) is 16.6 Å². The minimum absolute atomic E-state index is 0.174. The molecule has 1 aromatic carbocycles. The molecule has 2 N–H and O–H groups in total. The van der Waals surface area contributed by atoms with Gasteiger partial charge in [-0.15, -0.1) is 0 Å². The van der Waals surface area contributed by atoms with E-state index in [1.165, 1.54) is 24.5 Å². The molecule has 5 nitrogen and oxygen atoms in total. The maximum atomic E-state index is 13.9. The van der Waals surface area contributed by atoms with Gasteiger partial charge in [0, 0.05) is 24.6 Å². The zero-order valence-corrected chi connectivity index (χ0v) is 11.6. The summed E-state index contributed by atoms with van der Waals surface area (Å²) in [4.78, 5) is 3.44. The second kappa shape index (κ2) is 5.46. The Balaban J connectivity index is 2.53. The van der Waals surface area contributed by atoms with Gasteiger partial charge in [-0.2, -0.15) is 0 Å². The maximum absolute atomic E-state index is 13.9. The van der Waals surface area contributed by atoms with Gasteiger partial charge in [-0.05, 0) is 37.3 Å². The van der Waals surface area contributed by atoms with Crippen LogP contribution in [-0.4, -0.2) is 19.9 Å². The number of hydrogen-bond donors (Lipinski definition) is 1. The van der Waals surface area contributed by atoms with Gasteiger partial charge in [-0.1, -0.05) is 0 Å². The summed E-state index contributed by atoms with van der Waals surface area (Å²) < 4.78 is 40.0. The van der Waals surface area contributed by atoms with Gasteiger partial charge in [-0.3, -0.25) is 9.29 Å². The molecule has 1 heterocycles. The number of nitrogen functional groups attached to an aromatic ring is 1. The van der Waals surface area contributed by atoms with Crippen molar-refractivity contribution < 1.29 is 12.8 Å². The van der Waals surface area contributed by atoms with Crippen molar-refractivity contribution in [3.63, 3.8) is 0 Å². The number of anilines is 2. The Morgan fingerprint density at radius 2 is 1.90 bits per heavy atom. The molecule has 0 bridgehead atoms. The molecule has 1 aromatic heterocycles. The van der Waals surface area contributed by atoms with E-state index in [1.54, 1.807) is 19.1 Å². The molecular weight excluding hydrogens is 281 g/mol. The molecule has 20 heavy (non-hydrogen) atoms. The van der Waals surface area contributed by atoms with Crippen molar-refractivity contribution in [1.82, 2.24) is 4.98 Å². The van der Waals surface area contributed by atoms with Gasteiger partial charge in [0.2, 0.25) is 0 Å². The molecule has 0 amide bonds. The molecule has 0 atom stereocenters. The van der Waals surface area contributed by atoms with E-state index in [0.29, 0.717) is 5.69 Å². The molecule has 0 unspecified atom stereocenters. The van der Waals surface area contributed by atoms with Crippen molar-refractivity contribution in [3.05, 3.63) is 48.5 Å². The number of nitrogens with two attached hydrogens (primary N) is 1. The van der Waals surface area contributed by atoms with Crippen LogP contribution in [0.2, 0.25) is 0 Å². The summed E-state index contributed by atoms with van der Waals surface area (Å²) in [5, 5.41) is 0. The van der Waals surface area contributed by atoms with Crippen molar-refractivity contribution in [2.24, 2.45) is 0 Å². The van der Waals surface area contributed by atoms with Crippen LogP contribution in [0.3, 0.4) is 0 Å². The van der Waals surface area contributed by atoms with Crippen LogP contribution in [0.1, 0.15) is 6.92 Å². The van der Waals surface area contributed by atoms with E-state index in [9.17, 15) is 12.8 Å². The molecule has 0 radical (unpaired) electrons. The lowest BCUT2D eigenvalue weighted by molar-refractivity contribution is 0.564. The van der Waals surface area contributed by atoms with Crippen molar-refractivity contribution in [2.45, 2.75) is 11.8 Å². The Morgan fingerprint density at radius 3 is 2.45 bits per heavy atom. The average molecular weight is 295 g/mol. The molecule has 106 valence electrons. The first-order valence-electron chi connectivity index (χ1n) is 5.94. The average Bonchev–Trinajstić information content (AvgIpc) is 2.40. The van der Waals surface area contributed by atoms with Crippen LogP contribution in [-0.2, 0) is 10.0 Å². The van der Waals surface area contributed by atoms with Crippen LogP contribution in [0, 0.1) is 5.82 Å². The minimum atomic E-state index is -3.98. The third kappa shape index (κ3) is 2.57. The van der Waals surface area contributed by atoms with E-state index in [4.69, 9.17) is 5.73 Å². The Kier molecular flexibility index (Phi) is 3.89. The summed E-state index contributed by atoms with van der Waals surface area (Å²) in [5.41, 5.74) is 6.04. The predicted octanol–water partition coefficient (Wildman–Crippen LogP) is 2.02. The lowest BCUT2D eigenvalue weighted by Gasteiger charge is -2.23. The largest absolute Gasteiger partial charge is 0.399 e. The number of pyridine rings is 1. The Hall–Kier alpha value is -2.15. The lowest BCUT2D eigenvalue weighted by Crippen LogP contribution is -2.31. The maximum Gasteiger partial charge on any atom is 0.267 e. The first-order chi connectivity index (χ1) is 9.46. The van der Waals surface area contributed by atoms with E-state index in [1.807, 2.05) is 0 Å². The van der Waals surface area contributed by atoms with Gasteiger partial charge in [0.15, 0.2) is 0 Å². The highest BCUT2D eigenvalue weighted by atomic mass is 32.2. The zero-order chi connectivity index (χ0) is 14.8. The van der Waals surface area contributed by atoms with E-state index in [-0.39, 0.29) is 12.2 Å². The second-order valence-corrected chi connectivity index (χ2v) is 5.90. The van der Waals surface area contributed by atoms with E-state index >= 15 is 0 Å². The highest BCUT2D eigenvalue weighted by Crippen LogP contribution is 2.25. The summed E-state index contributed by atoms with van der Waals surface area (Å²) in [7, 11) is -3.98. The monoisotopic (exact) mass is 295 g/mol. The van der Waals surface area contributed by atoms with Gasteiger partial charge >= 0.3 is 0 Å². The SMILES string of the molecule is CCN(c1ccncc1)S(=O)(=O)c1ccc(N)cc1F. The third-order valence-corrected chi connectivity index (χ3v) is 4.70. The van der Waals surface area contributed by atoms with Gasteiger partial charge in [0.1, 0.15) is 10.7 Å². The molecule has 2 aromatic rings. The predicted molar refractivity (Wildman–Crippen MR) is 75.3 cm³/mol. The number of sulfonamides is 1. The number of rotatable bonds is 4. The molecule has 0 saturated carbocycles. The van der Waals surface area contributed by atoms with E-state index in [0.717, 1.165) is 10.4 Å². The van der Waals surface area contributed by atoms with Crippen LogP contribution in [0.25, 0.3) is 0 Å². The fourth-order valence-corrected chi connectivity index (χ4v) is 3.37. The summed E-state index contributed by atoms with van der Waals surface area (Å²) in [6.45, 7) is 1.85. The number of nitrogens with zero attached hydrogens (tertiary/aromatic N) is 2.